The molecule has 0 atom stereocenters. The van der Waals surface area contributed by atoms with Crippen LogP contribution in [-0.2, 0) is 33.3 Å². The van der Waals surface area contributed by atoms with E-state index in [9.17, 15) is 0 Å². The van der Waals surface area contributed by atoms with Crippen molar-refractivity contribution in [2.24, 2.45) is 0 Å². The van der Waals surface area contributed by atoms with E-state index >= 15 is 0 Å². The minimum Gasteiger partial charge on any atom is -1.00 e. The first-order valence-corrected chi connectivity index (χ1v) is 0. The van der Waals surface area contributed by atoms with Gasteiger partial charge in [0.05, 0.1) is 0 Å². The fourth-order valence-electron chi connectivity index (χ4n) is 0. The molecule has 0 aliphatic heterocycles. The van der Waals surface area contributed by atoms with E-state index in [2.05, 4.69) is 0 Å². The number of hydrogen-bond donors (Lipinski definition) is 0. The molecule has 0 aromatic heterocycles. The molecule has 0 rings (SSSR count). The van der Waals surface area contributed by atoms with Crippen LogP contribution < -0.4 is 37.7 Å². The molecule has 0 saturated carbocycles. The SMILES string of the molecule is O.O.[Co].[H-].[H-].[Li+].[Li+].[Ni]. The van der Waals surface area contributed by atoms with Crippen LogP contribution in [0, 0.1) is 0 Å². The maximum Gasteiger partial charge on any atom is 1.00 e. The molecule has 0 aromatic rings. The zero-order valence-corrected chi connectivity index (χ0v) is 5.68. The standard InChI is InChI=1S/Co.2Li.Ni.2H2O.2H/h;;;;2*1H2;;/q;2*+1;;;;2*-1. The van der Waals surface area contributed by atoms with Gasteiger partial charge < -0.3 is 13.8 Å². The summed E-state index contributed by atoms with van der Waals surface area (Å²) < 4.78 is 0. The van der Waals surface area contributed by atoms with E-state index < -0.39 is 0 Å². The Hall–Kier alpha value is 2.11. The molecule has 0 saturated heterocycles. The van der Waals surface area contributed by atoms with Crippen LogP contribution in [0.3, 0.4) is 0 Å². The van der Waals surface area contributed by atoms with E-state index in [1.807, 2.05) is 0 Å². The minimum absolute atomic E-state index is 0. The van der Waals surface area contributed by atoms with Crippen molar-refractivity contribution >= 4 is 0 Å². The van der Waals surface area contributed by atoms with Gasteiger partial charge in [0.25, 0.3) is 0 Å². The molecule has 0 spiro atoms. The van der Waals surface area contributed by atoms with Crippen LogP contribution >= 0.6 is 0 Å². The molecule has 6 heteroatoms. The van der Waals surface area contributed by atoms with Crippen LogP contribution in [0.4, 0.5) is 0 Å². The summed E-state index contributed by atoms with van der Waals surface area (Å²) in [7, 11) is 0. The van der Waals surface area contributed by atoms with Crippen molar-refractivity contribution in [3.05, 3.63) is 0 Å². The molecule has 0 heterocycles. The Labute approximate surface area is 84.3 Å². The van der Waals surface area contributed by atoms with Gasteiger partial charge in [-0.2, -0.15) is 0 Å². The molecule has 0 aromatic carbocycles. The van der Waals surface area contributed by atoms with E-state index in [1.54, 1.807) is 0 Å². The van der Waals surface area contributed by atoms with Crippen LogP contribution in [0.25, 0.3) is 0 Å². The predicted octanol–water partition coefficient (Wildman–Crippen LogP) is -7.42. The van der Waals surface area contributed by atoms with Crippen LogP contribution in [0.15, 0.2) is 0 Å². The molecule has 0 fully saturated rings. The molecule has 4 N–H and O–H groups in total. The molecule has 2 nitrogen and oxygen atoms in total. The third-order valence-corrected chi connectivity index (χ3v) is 0. The summed E-state index contributed by atoms with van der Waals surface area (Å²) in [4.78, 5) is 0. The number of rotatable bonds is 0. The molecule has 1 radical (unpaired) electrons. The smallest absolute Gasteiger partial charge is 1.00 e. The molecule has 0 aliphatic rings. The second kappa shape index (κ2) is 59.5. The molecule has 39 valence electrons. The second-order valence-electron chi connectivity index (χ2n) is 0. The Morgan fingerprint density at radius 3 is 0.833 bits per heavy atom. The van der Waals surface area contributed by atoms with E-state index in [4.69, 9.17) is 0 Å². The van der Waals surface area contributed by atoms with Gasteiger partial charge in [-0.15, -0.1) is 0 Å². The molecule has 0 bridgehead atoms. The van der Waals surface area contributed by atoms with Gasteiger partial charge in [-0.25, -0.2) is 0 Å². The molecular formula is H6CoLi2NiO2. The Morgan fingerprint density at radius 1 is 0.833 bits per heavy atom. The quantitative estimate of drug-likeness (QED) is 0.324. The van der Waals surface area contributed by atoms with E-state index in [-0.39, 0.29) is 84.8 Å². The minimum atomic E-state index is 0. The van der Waals surface area contributed by atoms with Gasteiger partial charge in [-0.05, 0) is 0 Å². The maximum atomic E-state index is 0. The van der Waals surface area contributed by atoms with Gasteiger partial charge in [-0.3, -0.25) is 0 Å². The van der Waals surface area contributed by atoms with Crippen molar-refractivity contribution < 1.29 is 84.8 Å². The van der Waals surface area contributed by atoms with Crippen molar-refractivity contribution in [1.82, 2.24) is 0 Å². The summed E-state index contributed by atoms with van der Waals surface area (Å²) in [5.74, 6) is 0. The molecule has 0 amide bonds. The Morgan fingerprint density at radius 2 is 0.833 bits per heavy atom. The fourth-order valence-corrected chi connectivity index (χ4v) is 0. The Kier molecular flexibility index (Phi) is 911. The monoisotopic (exact) mass is 169 g/mol. The van der Waals surface area contributed by atoms with Gasteiger partial charge in [0, 0.05) is 33.3 Å². The summed E-state index contributed by atoms with van der Waals surface area (Å²) in [6.45, 7) is 0. The van der Waals surface area contributed by atoms with Crippen molar-refractivity contribution in [2.75, 3.05) is 0 Å². The molecule has 6 heavy (non-hydrogen) atoms. The van der Waals surface area contributed by atoms with E-state index in [0.29, 0.717) is 0 Å². The zero-order valence-electron chi connectivity index (χ0n) is 5.65. The summed E-state index contributed by atoms with van der Waals surface area (Å²) in [6.07, 6.45) is 0. The van der Waals surface area contributed by atoms with Gasteiger partial charge in [0.1, 0.15) is 0 Å². The second-order valence-corrected chi connectivity index (χ2v) is 0. The van der Waals surface area contributed by atoms with E-state index in [0.717, 1.165) is 0 Å². The largest absolute Gasteiger partial charge is 1.00 e. The normalized spacial score (nSPS) is 0. The first kappa shape index (κ1) is 91.8. The Bertz CT molecular complexity index is 18.0. The summed E-state index contributed by atoms with van der Waals surface area (Å²) in [5.41, 5.74) is 0. The predicted molar refractivity (Wildman–Crippen MR) is 9.45 cm³/mol. The molecule has 0 unspecified atom stereocenters. The van der Waals surface area contributed by atoms with Crippen LogP contribution in [-0.4, -0.2) is 11.0 Å². The molecular weight excluding hydrogens is 164 g/mol. The van der Waals surface area contributed by atoms with Gasteiger partial charge in [0.15, 0.2) is 0 Å². The first-order valence-electron chi connectivity index (χ1n) is 0. The average molecular weight is 170 g/mol. The average Bonchev–Trinajstić information content (AvgIpc) is 0. The Balaban J connectivity index is 0. The van der Waals surface area contributed by atoms with Crippen LogP contribution in [0.1, 0.15) is 2.85 Å². The third-order valence-electron chi connectivity index (χ3n) is 0. The first-order chi connectivity index (χ1) is 0. The van der Waals surface area contributed by atoms with Crippen molar-refractivity contribution in [3.8, 4) is 0 Å². The molecule has 0 aliphatic carbocycles. The van der Waals surface area contributed by atoms with E-state index in [1.165, 1.54) is 0 Å². The van der Waals surface area contributed by atoms with Crippen molar-refractivity contribution in [1.29, 1.82) is 0 Å². The van der Waals surface area contributed by atoms with Crippen LogP contribution in [0.2, 0.25) is 0 Å². The fraction of sp³-hybridized carbons (Fsp3) is 0. The zero-order chi connectivity index (χ0) is 0. The summed E-state index contributed by atoms with van der Waals surface area (Å²) >= 11 is 0. The van der Waals surface area contributed by atoms with Crippen molar-refractivity contribution in [3.63, 3.8) is 0 Å². The third kappa shape index (κ3) is 35.8. The van der Waals surface area contributed by atoms with Gasteiger partial charge in [0.2, 0.25) is 0 Å². The maximum absolute atomic E-state index is 0. The number of hydrogen-bond acceptors (Lipinski definition) is 0. The topological polar surface area (TPSA) is 63.0 Å². The summed E-state index contributed by atoms with van der Waals surface area (Å²) in [5, 5.41) is 0. The van der Waals surface area contributed by atoms with Gasteiger partial charge >= 0.3 is 37.7 Å². The van der Waals surface area contributed by atoms with Gasteiger partial charge in [-0.1, -0.05) is 0 Å². The van der Waals surface area contributed by atoms with Crippen LogP contribution in [0.5, 0.6) is 0 Å². The van der Waals surface area contributed by atoms with Crippen molar-refractivity contribution in [2.45, 2.75) is 0 Å². The summed E-state index contributed by atoms with van der Waals surface area (Å²) in [6, 6.07) is 0.